The molecule has 16 heavy (non-hydrogen) atoms. The van der Waals surface area contributed by atoms with Gasteiger partial charge in [-0.2, -0.15) is 0 Å². The third kappa shape index (κ3) is 2.11. The normalized spacial score (nSPS) is 10.7. The second-order valence-electron chi connectivity index (χ2n) is 3.71. The van der Waals surface area contributed by atoms with Crippen LogP contribution in [0.2, 0.25) is 0 Å². The molecule has 0 N–H and O–H groups in total. The van der Waals surface area contributed by atoms with Gasteiger partial charge in [-0.05, 0) is 31.2 Å². The molecule has 2 aromatic rings. The van der Waals surface area contributed by atoms with Crippen LogP contribution in [0.3, 0.4) is 0 Å². The number of nitrogens with zero attached hydrogens (tertiary/aromatic N) is 3. The fourth-order valence-electron chi connectivity index (χ4n) is 1.69. The number of aryl methyl sites for hydroxylation is 2. The molecule has 0 aliphatic heterocycles. The van der Waals surface area contributed by atoms with Crippen molar-refractivity contribution >= 4 is 11.8 Å². The third-order valence-electron chi connectivity index (χ3n) is 2.40. The molecule has 0 amide bonds. The molecule has 2 rings (SSSR count). The second-order valence-corrected chi connectivity index (χ2v) is 4.94. The molecule has 1 heterocycles. The first-order chi connectivity index (χ1) is 7.72. The first kappa shape index (κ1) is 11.2. The lowest BCUT2D eigenvalue weighted by molar-refractivity contribution is 0.878. The Morgan fingerprint density at radius 3 is 2.81 bits per heavy atom. The predicted molar refractivity (Wildman–Crippen MR) is 67.2 cm³/mol. The van der Waals surface area contributed by atoms with Crippen LogP contribution in [0.4, 0.5) is 0 Å². The van der Waals surface area contributed by atoms with E-state index in [0.29, 0.717) is 0 Å². The quantitative estimate of drug-likeness (QED) is 0.764. The zero-order chi connectivity index (χ0) is 11.5. The largest absolute Gasteiger partial charge is 0.276 e. The van der Waals surface area contributed by atoms with Crippen molar-refractivity contribution in [1.82, 2.24) is 14.8 Å². The molecule has 0 spiro atoms. The van der Waals surface area contributed by atoms with Gasteiger partial charge in [0.25, 0.3) is 0 Å². The molecular formula is C12H15N3S. The lowest BCUT2D eigenvalue weighted by Crippen LogP contribution is -1.98. The smallest absolute Gasteiger partial charge is 0.195 e. The third-order valence-corrected chi connectivity index (χ3v) is 3.23. The van der Waals surface area contributed by atoms with Gasteiger partial charge in [0.2, 0.25) is 0 Å². The van der Waals surface area contributed by atoms with Crippen molar-refractivity contribution in [2.24, 2.45) is 0 Å². The molecule has 0 unspecified atom stereocenters. The van der Waals surface area contributed by atoms with Crippen LogP contribution in [0.25, 0.3) is 5.69 Å². The molecule has 0 aliphatic carbocycles. The van der Waals surface area contributed by atoms with Crippen LogP contribution in [0.1, 0.15) is 18.1 Å². The zero-order valence-electron chi connectivity index (χ0n) is 9.77. The van der Waals surface area contributed by atoms with Crippen LogP contribution < -0.4 is 0 Å². The average Bonchev–Trinajstić information content (AvgIpc) is 2.67. The first-order valence-electron chi connectivity index (χ1n) is 5.33. The summed E-state index contributed by atoms with van der Waals surface area (Å²) in [4.78, 5) is 0. The number of hydrogen-bond donors (Lipinski definition) is 0. The van der Waals surface area contributed by atoms with Gasteiger partial charge in [0.15, 0.2) is 5.16 Å². The Hall–Kier alpha value is -1.29. The highest BCUT2D eigenvalue weighted by Gasteiger charge is 2.08. The molecule has 0 atom stereocenters. The summed E-state index contributed by atoms with van der Waals surface area (Å²) in [5.41, 5.74) is 3.68. The van der Waals surface area contributed by atoms with E-state index in [1.165, 1.54) is 11.1 Å². The van der Waals surface area contributed by atoms with E-state index in [2.05, 4.69) is 49.2 Å². The van der Waals surface area contributed by atoms with Crippen molar-refractivity contribution in [3.05, 3.63) is 35.7 Å². The van der Waals surface area contributed by atoms with Crippen LogP contribution >= 0.6 is 11.8 Å². The van der Waals surface area contributed by atoms with Gasteiger partial charge in [-0.15, -0.1) is 10.2 Å². The van der Waals surface area contributed by atoms with Crippen LogP contribution in [0.15, 0.2) is 29.7 Å². The Bertz CT molecular complexity index is 491. The Labute approximate surface area is 99.9 Å². The summed E-state index contributed by atoms with van der Waals surface area (Å²) in [6.07, 6.45) is 1.77. The van der Waals surface area contributed by atoms with E-state index in [1.54, 1.807) is 18.1 Å². The molecule has 0 fully saturated rings. The number of benzene rings is 1. The lowest BCUT2D eigenvalue weighted by atomic mass is 10.1. The van der Waals surface area contributed by atoms with Gasteiger partial charge in [-0.3, -0.25) is 4.57 Å². The average molecular weight is 233 g/mol. The predicted octanol–water partition coefficient (Wildman–Crippen LogP) is 3.00. The maximum Gasteiger partial charge on any atom is 0.195 e. The second kappa shape index (κ2) is 4.70. The molecule has 0 bridgehead atoms. The Kier molecular flexibility index (Phi) is 3.29. The Morgan fingerprint density at radius 1 is 1.31 bits per heavy atom. The summed E-state index contributed by atoms with van der Waals surface area (Å²) in [6, 6.07) is 6.41. The van der Waals surface area contributed by atoms with Crippen molar-refractivity contribution in [2.75, 3.05) is 5.75 Å². The monoisotopic (exact) mass is 233 g/mol. The van der Waals surface area contributed by atoms with Crippen molar-refractivity contribution in [2.45, 2.75) is 25.9 Å². The number of thioether (sulfide) groups is 1. The summed E-state index contributed by atoms with van der Waals surface area (Å²) in [5, 5.41) is 9.05. The maximum atomic E-state index is 4.12. The van der Waals surface area contributed by atoms with Crippen molar-refractivity contribution in [1.29, 1.82) is 0 Å². The van der Waals surface area contributed by atoms with Gasteiger partial charge < -0.3 is 0 Å². The van der Waals surface area contributed by atoms with Crippen LogP contribution in [-0.4, -0.2) is 20.5 Å². The highest BCUT2D eigenvalue weighted by Crippen LogP contribution is 2.22. The lowest BCUT2D eigenvalue weighted by Gasteiger charge is -2.09. The molecule has 1 aromatic carbocycles. The maximum absolute atomic E-state index is 4.12. The first-order valence-corrected chi connectivity index (χ1v) is 6.31. The topological polar surface area (TPSA) is 30.7 Å². The van der Waals surface area contributed by atoms with E-state index >= 15 is 0 Å². The highest BCUT2D eigenvalue weighted by atomic mass is 32.2. The van der Waals surface area contributed by atoms with E-state index in [4.69, 9.17) is 0 Å². The summed E-state index contributed by atoms with van der Waals surface area (Å²) in [7, 11) is 0. The fraction of sp³-hybridized carbons (Fsp3) is 0.333. The van der Waals surface area contributed by atoms with Gasteiger partial charge in [0, 0.05) is 0 Å². The van der Waals surface area contributed by atoms with Crippen molar-refractivity contribution in [3.63, 3.8) is 0 Å². The summed E-state index contributed by atoms with van der Waals surface area (Å²) in [6.45, 7) is 6.33. The minimum atomic E-state index is 0.953. The minimum absolute atomic E-state index is 0.953. The SMILES string of the molecule is CCSc1nncn1-c1ccc(C)cc1C. The molecule has 0 aliphatic rings. The fourth-order valence-corrected chi connectivity index (χ4v) is 2.34. The van der Waals surface area contributed by atoms with E-state index in [9.17, 15) is 0 Å². The van der Waals surface area contributed by atoms with Gasteiger partial charge in [0.05, 0.1) is 5.69 Å². The number of rotatable bonds is 3. The number of aromatic nitrogens is 3. The van der Waals surface area contributed by atoms with E-state index in [1.807, 2.05) is 4.57 Å². The van der Waals surface area contributed by atoms with Crippen molar-refractivity contribution < 1.29 is 0 Å². The molecule has 0 radical (unpaired) electrons. The Morgan fingerprint density at radius 2 is 2.12 bits per heavy atom. The molecule has 0 saturated heterocycles. The molecular weight excluding hydrogens is 218 g/mol. The molecule has 4 heteroatoms. The molecule has 3 nitrogen and oxygen atoms in total. The van der Waals surface area contributed by atoms with Crippen LogP contribution in [0.5, 0.6) is 0 Å². The van der Waals surface area contributed by atoms with E-state index in [-0.39, 0.29) is 0 Å². The zero-order valence-corrected chi connectivity index (χ0v) is 10.6. The van der Waals surface area contributed by atoms with Crippen LogP contribution in [-0.2, 0) is 0 Å². The summed E-state index contributed by atoms with van der Waals surface area (Å²) < 4.78 is 2.04. The van der Waals surface area contributed by atoms with Gasteiger partial charge >= 0.3 is 0 Å². The summed E-state index contributed by atoms with van der Waals surface area (Å²) >= 11 is 1.71. The highest BCUT2D eigenvalue weighted by molar-refractivity contribution is 7.99. The standard InChI is InChI=1S/C12H15N3S/c1-4-16-12-14-13-8-15(12)11-6-5-9(2)7-10(11)3/h5-8H,4H2,1-3H3. The molecule has 84 valence electrons. The summed E-state index contributed by atoms with van der Waals surface area (Å²) in [5.74, 6) is 1.00. The van der Waals surface area contributed by atoms with E-state index in [0.717, 1.165) is 16.6 Å². The number of hydrogen-bond acceptors (Lipinski definition) is 3. The van der Waals surface area contributed by atoms with E-state index < -0.39 is 0 Å². The minimum Gasteiger partial charge on any atom is -0.276 e. The van der Waals surface area contributed by atoms with Gasteiger partial charge in [-0.1, -0.05) is 36.4 Å². The van der Waals surface area contributed by atoms with Crippen molar-refractivity contribution in [3.8, 4) is 5.69 Å². The van der Waals surface area contributed by atoms with Crippen LogP contribution in [0, 0.1) is 13.8 Å². The molecule has 1 aromatic heterocycles. The van der Waals surface area contributed by atoms with Gasteiger partial charge in [0.1, 0.15) is 6.33 Å². The van der Waals surface area contributed by atoms with Gasteiger partial charge in [-0.25, -0.2) is 0 Å². The Balaban J connectivity index is 2.46. The molecule has 0 saturated carbocycles.